The van der Waals surface area contributed by atoms with E-state index in [-0.39, 0.29) is 23.1 Å². The zero-order valence-electron chi connectivity index (χ0n) is 15.7. The van der Waals surface area contributed by atoms with Crippen LogP contribution in [0.15, 0.2) is 59.5 Å². The molecule has 0 saturated carbocycles. The molecule has 6 heteroatoms. The van der Waals surface area contributed by atoms with Gasteiger partial charge in [-0.05, 0) is 62.0 Å². The van der Waals surface area contributed by atoms with Crippen LogP contribution in [0.3, 0.4) is 0 Å². The SMILES string of the molecule is O=C(c1cc2ccccc2[nH]c1=O)N(Cc1ccccn1)C1CCCNCC1. The molecule has 1 atom stereocenters. The van der Waals surface area contributed by atoms with Crippen LogP contribution in [0, 0.1) is 0 Å². The van der Waals surface area contributed by atoms with E-state index < -0.39 is 0 Å². The summed E-state index contributed by atoms with van der Waals surface area (Å²) in [6.07, 6.45) is 4.52. The zero-order valence-corrected chi connectivity index (χ0v) is 15.7. The number of hydrogen-bond acceptors (Lipinski definition) is 4. The molecule has 3 aromatic rings. The fourth-order valence-electron chi connectivity index (χ4n) is 3.81. The summed E-state index contributed by atoms with van der Waals surface area (Å²) in [5, 5.41) is 4.24. The third-order valence-electron chi connectivity index (χ3n) is 5.29. The molecule has 1 unspecified atom stereocenters. The van der Waals surface area contributed by atoms with Crippen molar-refractivity contribution in [2.45, 2.75) is 31.8 Å². The number of fused-ring (bicyclic) bond motifs is 1. The number of nitrogens with one attached hydrogen (secondary N) is 2. The fourth-order valence-corrected chi connectivity index (χ4v) is 3.81. The second-order valence-electron chi connectivity index (χ2n) is 7.19. The van der Waals surface area contributed by atoms with Crippen molar-refractivity contribution in [3.8, 4) is 0 Å². The van der Waals surface area contributed by atoms with E-state index in [0.717, 1.165) is 48.9 Å². The van der Waals surface area contributed by atoms with Gasteiger partial charge >= 0.3 is 0 Å². The lowest BCUT2D eigenvalue weighted by Gasteiger charge is -2.31. The molecule has 4 rings (SSSR count). The summed E-state index contributed by atoms with van der Waals surface area (Å²) < 4.78 is 0. The van der Waals surface area contributed by atoms with Gasteiger partial charge < -0.3 is 15.2 Å². The maximum absolute atomic E-state index is 13.5. The van der Waals surface area contributed by atoms with Crippen molar-refractivity contribution in [3.63, 3.8) is 0 Å². The molecular formula is C22H24N4O2. The minimum absolute atomic E-state index is 0.0791. The van der Waals surface area contributed by atoms with Crippen LogP contribution >= 0.6 is 0 Å². The lowest BCUT2D eigenvalue weighted by Crippen LogP contribution is -2.42. The molecule has 1 aromatic carbocycles. The number of hydrogen-bond donors (Lipinski definition) is 2. The molecule has 1 fully saturated rings. The van der Waals surface area contributed by atoms with Crippen molar-refractivity contribution in [1.82, 2.24) is 20.2 Å². The van der Waals surface area contributed by atoms with Gasteiger partial charge in [0.2, 0.25) is 0 Å². The second kappa shape index (κ2) is 8.35. The van der Waals surface area contributed by atoms with Gasteiger partial charge in [0.05, 0.1) is 12.2 Å². The first-order chi connectivity index (χ1) is 13.7. The number of pyridine rings is 2. The van der Waals surface area contributed by atoms with Crippen LogP contribution in [-0.2, 0) is 6.54 Å². The highest BCUT2D eigenvalue weighted by Crippen LogP contribution is 2.20. The zero-order chi connectivity index (χ0) is 19.3. The second-order valence-corrected chi connectivity index (χ2v) is 7.19. The highest BCUT2D eigenvalue weighted by Gasteiger charge is 2.27. The number of carbonyl (C=O) groups is 1. The van der Waals surface area contributed by atoms with Gasteiger partial charge in [-0.25, -0.2) is 0 Å². The molecule has 2 aromatic heterocycles. The summed E-state index contributed by atoms with van der Waals surface area (Å²) in [6, 6.07) is 15.0. The van der Waals surface area contributed by atoms with Crippen molar-refractivity contribution in [2.75, 3.05) is 13.1 Å². The van der Waals surface area contributed by atoms with E-state index in [4.69, 9.17) is 0 Å². The van der Waals surface area contributed by atoms with Gasteiger partial charge in [-0.2, -0.15) is 0 Å². The van der Waals surface area contributed by atoms with Crippen LogP contribution < -0.4 is 10.9 Å². The number of rotatable bonds is 4. The number of benzene rings is 1. The van der Waals surface area contributed by atoms with Crippen molar-refractivity contribution in [3.05, 3.63) is 76.3 Å². The quantitative estimate of drug-likeness (QED) is 0.734. The van der Waals surface area contributed by atoms with Crippen molar-refractivity contribution < 1.29 is 4.79 Å². The predicted octanol–water partition coefficient (Wildman–Crippen LogP) is 2.71. The maximum atomic E-state index is 13.5. The van der Waals surface area contributed by atoms with Crippen LogP contribution in [0.2, 0.25) is 0 Å². The third kappa shape index (κ3) is 3.97. The number of nitrogens with zero attached hydrogens (tertiary/aromatic N) is 2. The highest BCUT2D eigenvalue weighted by atomic mass is 16.2. The van der Waals surface area contributed by atoms with Gasteiger partial charge in [-0.15, -0.1) is 0 Å². The molecule has 0 bridgehead atoms. The van der Waals surface area contributed by atoms with Gasteiger partial charge in [0.1, 0.15) is 5.56 Å². The van der Waals surface area contributed by atoms with E-state index >= 15 is 0 Å². The van der Waals surface area contributed by atoms with Gasteiger partial charge in [-0.3, -0.25) is 14.6 Å². The fraction of sp³-hybridized carbons (Fsp3) is 0.318. The first-order valence-corrected chi connectivity index (χ1v) is 9.76. The number of aromatic nitrogens is 2. The van der Waals surface area contributed by atoms with Crippen molar-refractivity contribution >= 4 is 16.8 Å². The molecule has 3 heterocycles. The summed E-state index contributed by atoms with van der Waals surface area (Å²) in [7, 11) is 0. The Hall–Kier alpha value is -2.99. The summed E-state index contributed by atoms with van der Waals surface area (Å²) in [6.45, 7) is 2.22. The largest absolute Gasteiger partial charge is 0.330 e. The lowest BCUT2D eigenvalue weighted by molar-refractivity contribution is 0.0640. The molecule has 28 heavy (non-hydrogen) atoms. The maximum Gasteiger partial charge on any atom is 0.261 e. The van der Waals surface area contributed by atoms with Crippen molar-refractivity contribution in [2.24, 2.45) is 0 Å². The first kappa shape index (κ1) is 18.4. The van der Waals surface area contributed by atoms with Gasteiger partial charge in [-0.1, -0.05) is 24.3 Å². The standard InChI is InChI=1S/C22H24N4O2/c27-21-19(14-16-6-1-2-9-20(16)25-21)22(28)26(15-17-7-3-4-12-24-17)18-8-5-11-23-13-10-18/h1-4,6-7,9,12,14,18,23H,5,8,10-11,13,15H2,(H,25,27). The normalized spacial score (nSPS) is 17.2. The van der Waals surface area contributed by atoms with E-state index in [9.17, 15) is 9.59 Å². The average molecular weight is 376 g/mol. The summed E-state index contributed by atoms with van der Waals surface area (Å²) >= 11 is 0. The minimum atomic E-state index is -0.346. The van der Waals surface area contributed by atoms with E-state index in [2.05, 4.69) is 15.3 Å². The molecule has 1 aliphatic rings. The Morgan fingerprint density at radius 3 is 2.82 bits per heavy atom. The number of H-pyrrole nitrogens is 1. The van der Waals surface area contributed by atoms with Gasteiger partial charge in [0.15, 0.2) is 0 Å². The smallest absolute Gasteiger partial charge is 0.261 e. The van der Waals surface area contributed by atoms with E-state index in [1.807, 2.05) is 47.4 Å². The van der Waals surface area contributed by atoms with Crippen LogP contribution in [0.25, 0.3) is 10.9 Å². The van der Waals surface area contributed by atoms with E-state index in [1.54, 1.807) is 12.3 Å². The van der Waals surface area contributed by atoms with E-state index in [0.29, 0.717) is 6.54 Å². The Bertz CT molecular complexity index is 1010. The van der Waals surface area contributed by atoms with Crippen LogP contribution in [0.5, 0.6) is 0 Å². The Morgan fingerprint density at radius 2 is 1.96 bits per heavy atom. The minimum Gasteiger partial charge on any atom is -0.330 e. The monoisotopic (exact) mass is 376 g/mol. The summed E-state index contributed by atoms with van der Waals surface area (Å²) in [5.74, 6) is -0.232. The van der Waals surface area contributed by atoms with Crippen LogP contribution in [0.1, 0.15) is 35.3 Å². The third-order valence-corrected chi connectivity index (χ3v) is 5.29. The predicted molar refractivity (Wildman–Crippen MR) is 109 cm³/mol. The topological polar surface area (TPSA) is 78.1 Å². The molecule has 1 aliphatic heterocycles. The molecule has 0 spiro atoms. The Labute approximate surface area is 163 Å². The molecular weight excluding hydrogens is 352 g/mol. The van der Waals surface area contributed by atoms with Crippen LogP contribution in [-0.4, -0.2) is 39.9 Å². The Kier molecular flexibility index (Phi) is 5.48. The van der Waals surface area contributed by atoms with Gasteiger partial charge in [0.25, 0.3) is 11.5 Å². The molecule has 0 aliphatic carbocycles. The number of aromatic amines is 1. The molecule has 1 amide bonds. The molecule has 6 nitrogen and oxygen atoms in total. The Balaban J connectivity index is 1.71. The molecule has 0 radical (unpaired) electrons. The first-order valence-electron chi connectivity index (χ1n) is 9.76. The number of amides is 1. The lowest BCUT2D eigenvalue weighted by atomic mass is 10.0. The van der Waals surface area contributed by atoms with Gasteiger partial charge in [0, 0.05) is 17.8 Å². The number of carbonyl (C=O) groups excluding carboxylic acids is 1. The highest BCUT2D eigenvalue weighted by molar-refractivity contribution is 5.97. The average Bonchev–Trinajstić information content (AvgIpc) is 3.01. The van der Waals surface area contributed by atoms with Crippen molar-refractivity contribution in [1.29, 1.82) is 0 Å². The van der Waals surface area contributed by atoms with Crippen LogP contribution in [0.4, 0.5) is 0 Å². The molecule has 1 saturated heterocycles. The summed E-state index contributed by atoms with van der Waals surface area (Å²) in [5.41, 5.74) is 1.40. The van der Waals surface area contributed by atoms with E-state index in [1.165, 1.54) is 0 Å². The summed E-state index contributed by atoms with van der Waals surface area (Å²) in [4.78, 5) is 35.2. The Morgan fingerprint density at radius 1 is 1.11 bits per heavy atom. The number of para-hydroxylation sites is 1. The molecule has 2 N–H and O–H groups in total. The molecule has 144 valence electrons.